The molecule has 1 heteroatoms. The maximum atomic E-state index is 2.09. The maximum absolute atomic E-state index is 2.09. The van der Waals surface area contributed by atoms with Gasteiger partial charge in [0.2, 0.25) is 0 Å². The van der Waals surface area contributed by atoms with E-state index in [0.717, 1.165) is 0 Å². The minimum absolute atomic E-state index is 1.26. The molecule has 1 rings (SSSR count). The molecular formula is C9H8Os. The fourth-order valence-corrected chi connectivity index (χ4v) is 0.954. The van der Waals surface area contributed by atoms with Crippen molar-refractivity contribution < 1.29 is 18.1 Å². The van der Waals surface area contributed by atoms with E-state index in [1.807, 2.05) is 47.0 Å². The van der Waals surface area contributed by atoms with E-state index in [1.54, 1.807) is 0 Å². The third kappa shape index (κ3) is 2.37. The molecule has 0 aliphatic carbocycles. The van der Waals surface area contributed by atoms with Crippen molar-refractivity contribution in [3.8, 4) is 0 Å². The first kappa shape index (κ1) is 7.57. The van der Waals surface area contributed by atoms with Crippen molar-refractivity contribution in [2.45, 2.75) is 0 Å². The van der Waals surface area contributed by atoms with Crippen LogP contribution in [-0.2, 0) is 18.1 Å². The van der Waals surface area contributed by atoms with Crippen molar-refractivity contribution in [3.63, 3.8) is 0 Å². The third-order valence-electron chi connectivity index (χ3n) is 1.16. The Balaban J connectivity index is 2.76. The van der Waals surface area contributed by atoms with Crippen LogP contribution in [0.5, 0.6) is 0 Å². The summed E-state index contributed by atoms with van der Waals surface area (Å²) >= 11 is 1.84. The summed E-state index contributed by atoms with van der Waals surface area (Å²) in [6.45, 7) is 0. The van der Waals surface area contributed by atoms with Crippen LogP contribution < -0.4 is 0 Å². The van der Waals surface area contributed by atoms with Gasteiger partial charge >= 0.3 is 70.8 Å². The molecule has 0 heterocycles. The Kier molecular flexibility index (Phi) is 3.26. The van der Waals surface area contributed by atoms with Gasteiger partial charge in [-0.3, -0.25) is 0 Å². The zero-order valence-electron chi connectivity index (χ0n) is 5.47. The molecule has 0 nitrogen and oxygen atoms in total. The fraction of sp³-hybridized carbons (Fsp3) is 0. The SMILES string of the molecule is [Os]=[CH]/C=C\c1ccccc1. The van der Waals surface area contributed by atoms with Crippen LogP contribution in [0.25, 0.3) is 6.08 Å². The molecule has 0 aromatic heterocycles. The second-order valence-corrected chi connectivity index (χ2v) is 2.73. The van der Waals surface area contributed by atoms with Crippen LogP contribution in [0.2, 0.25) is 0 Å². The summed E-state index contributed by atoms with van der Waals surface area (Å²) in [7, 11) is 0. The Bertz CT molecular complexity index is 224. The normalized spacial score (nSPS) is 10.1. The van der Waals surface area contributed by atoms with Gasteiger partial charge in [0, 0.05) is 0 Å². The van der Waals surface area contributed by atoms with E-state index in [0.29, 0.717) is 0 Å². The van der Waals surface area contributed by atoms with Crippen LogP contribution >= 0.6 is 0 Å². The van der Waals surface area contributed by atoms with Gasteiger partial charge in [-0.2, -0.15) is 0 Å². The van der Waals surface area contributed by atoms with Crippen molar-refractivity contribution in [2.24, 2.45) is 0 Å². The van der Waals surface area contributed by atoms with Gasteiger partial charge in [-0.25, -0.2) is 0 Å². The van der Waals surface area contributed by atoms with E-state index in [9.17, 15) is 0 Å². The van der Waals surface area contributed by atoms with E-state index >= 15 is 0 Å². The van der Waals surface area contributed by atoms with Gasteiger partial charge in [-0.15, -0.1) is 0 Å². The quantitative estimate of drug-likeness (QED) is 0.784. The predicted octanol–water partition coefficient (Wildman–Crippen LogP) is 2.05. The molecule has 0 saturated carbocycles. The second kappa shape index (κ2) is 4.31. The average Bonchev–Trinajstić information content (AvgIpc) is 2.03. The number of benzene rings is 1. The molecule has 0 spiro atoms. The predicted molar refractivity (Wildman–Crippen MR) is 41.5 cm³/mol. The standard InChI is InChI=1S/C9H8.Os/c1-2-6-9-7-4-3-5-8-9;/h1-8H;/b6-2-;. The van der Waals surface area contributed by atoms with Crippen molar-refractivity contribution in [3.05, 3.63) is 42.0 Å². The fourth-order valence-electron chi connectivity index (χ4n) is 0.709. The Morgan fingerprint density at radius 2 is 1.80 bits per heavy atom. The van der Waals surface area contributed by atoms with Crippen LogP contribution in [0.4, 0.5) is 0 Å². The van der Waals surface area contributed by atoms with Crippen molar-refractivity contribution in [2.75, 3.05) is 0 Å². The monoisotopic (exact) mass is 308 g/mol. The Morgan fingerprint density at radius 3 is 2.40 bits per heavy atom. The summed E-state index contributed by atoms with van der Waals surface area (Å²) in [5.74, 6) is 0. The average molecular weight is 306 g/mol. The van der Waals surface area contributed by atoms with E-state index in [1.165, 1.54) is 5.56 Å². The van der Waals surface area contributed by atoms with E-state index in [4.69, 9.17) is 0 Å². The first-order chi connectivity index (χ1) is 4.93. The zero-order chi connectivity index (χ0) is 7.23. The third-order valence-corrected chi connectivity index (χ3v) is 1.65. The first-order valence-electron chi connectivity index (χ1n) is 3.07. The Hall–Kier alpha value is -0.534. The zero-order valence-corrected chi connectivity index (χ0v) is 8.01. The molecule has 0 fully saturated rings. The van der Waals surface area contributed by atoms with Gasteiger partial charge < -0.3 is 0 Å². The number of allylic oxidation sites excluding steroid dienone is 1. The molecule has 0 aliphatic heterocycles. The van der Waals surface area contributed by atoms with Gasteiger partial charge in [-0.1, -0.05) is 0 Å². The van der Waals surface area contributed by atoms with Crippen LogP contribution in [0.15, 0.2) is 36.4 Å². The number of hydrogen-bond donors (Lipinski definition) is 0. The molecule has 0 amide bonds. The van der Waals surface area contributed by atoms with Crippen molar-refractivity contribution in [1.82, 2.24) is 0 Å². The molecule has 0 radical (unpaired) electrons. The first-order valence-corrected chi connectivity index (χ1v) is 4.54. The van der Waals surface area contributed by atoms with E-state index < -0.39 is 0 Å². The van der Waals surface area contributed by atoms with Crippen molar-refractivity contribution in [1.29, 1.82) is 0 Å². The number of rotatable bonds is 2. The molecule has 0 unspecified atom stereocenters. The molecule has 1 aromatic carbocycles. The Morgan fingerprint density at radius 1 is 1.10 bits per heavy atom. The molecule has 0 N–H and O–H groups in total. The topological polar surface area (TPSA) is 0 Å². The molecule has 10 heavy (non-hydrogen) atoms. The van der Waals surface area contributed by atoms with Crippen LogP contribution in [-0.4, -0.2) is 4.57 Å². The van der Waals surface area contributed by atoms with Gasteiger partial charge in [0.15, 0.2) is 0 Å². The molecule has 52 valence electrons. The summed E-state index contributed by atoms with van der Waals surface area (Å²) in [5.41, 5.74) is 1.26. The molecular weight excluding hydrogens is 298 g/mol. The van der Waals surface area contributed by atoms with Crippen molar-refractivity contribution >= 4 is 10.6 Å². The van der Waals surface area contributed by atoms with Crippen LogP contribution in [0.1, 0.15) is 5.56 Å². The summed E-state index contributed by atoms with van der Waals surface area (Å²) in [6.07, 6.45) is 4.14. The van der Waals surface area contributed by atoms with Crippen LogP contribution in [0, 0.1) is 0 Å². The van der Waals surface area contributed by atoms with E-state index in [-0.39, 0.29) is 0 Å². The van der Waals surface area contributed by atoms with Gasteiger partial charge in [0.05, 0.1) is 0 Å². The Labute approximate surface area is 71.0 Å². The minimum atomic E-state index is 1.26. The van der Waals surface area contributed by atoms with E-state index in [2.05, 4.69) is 18.2 Å². The van der Waals surface area contributed by atoms with Gasteiger partial charge in [0.1, 0.15) is 0 Å². The summed E-state index contributed by atoms with van der Waals surface area (Å²) in [6, 6.07) is 10.3. The summed E-state index contributed by atoms with van der Waals surface area (Å²) < 4.78 is 2.05. The molecule has 1 aromatic rings. The van der Waals surface area contributed by atoms with Crippen LogP contribution in [0.3, 0.4) is 0 Å². The molecule has 0 bridgehead atoms. The molecule has 0 saturated heterocycles. The molecule has 0 aliphatic rings. The second-order valence-electron chi connectivity index (χ2n) is 1.89. The van der Waals surface area contributed by atoms with Gasteiger partial charge in [0.25, 0.3) is 0 Å². The number of hydrogen-bond acceptors (Lipinski definition) is 0. The summed E-state index contributed by atoms with van der Waals surface area (Å²) in [4.78, 5) is 0. The molecule has 0 atom stereocenters. The summed E-state index contributed by atoms with van der Waals surface area (Å²) in [5, 5.41) is 0. The van der Waals surface area contributed by atoms with Gasteiger partial charge in [-0.05, 0) is 0 Å².